The average molecular weight is 367 g/mol. The first kappa shape index (κ1) is 18.8. The van der Waals surface area contributed by atoms with Crippen molar-refractivity contribution in [2.24, 2.45) is 0 Å². The number of benzene rings is 1. The van der Waals surface area contributed by atoms with Gasteiger partial charge in [-0.3, -0.25) is 9.59 Å². The smallest absolute Gasteiger partial charge is 0.272 e. The summed E-state index contributed by atoms with van der Waals surface area (Å²) in [6.45, 7) is 8.54. The molecule has 1 aromatic carbocycles. The summed E-state index contributed by atoms with van der Waals surface area (Å²) in [5.74, 6) is 0.620. The summed E-state index contributed by atoms with van der Waals surface area (Å²) in [5, 5.41) is 0. The van der Waals surface area contributed by atoms with E-state index in [2.05, 4.69) is 20.9 Å². The molecule has 0 bridgehead atoms. The lowest BCUT2D eigenvalue weighted by Crippen LogP contribution is -2.50. The maximum absolute atomic E-state index is 12.8. The Morgan fingerprint density at radius 1 is 1.07 bits per heavy atom. The molecule has 27 heavy (non-hydrogen) atoms. The fraction of sp³-hybridized carbons (Fsp3) is 0.400. The molecule has 1 aliphatic heterocycles. The molecule has 0 unspecified atom stereocenters. The van der Waals surface area contributed by atoms with E-state index in [9.17, 15) is 9.59 Å². The highest BCUT2D eigenvalue weighted by atomic mass is 16.2. The summed E-state index contributed by atoms with van der Waals surface area (Å²) >= 11 is 0. The van der Waals surface area contributed by atoms with Crippen molar-refractivity contribution in [3.63, 3.8) is 0 Å². The first-order valence-electron chi connectivity index (χ1n) is 9.20. The molecule has 3 rings (SSSR count). The molecular weight excluding hydrogens is 342 g/mol. The van der Waals surface area contributed by atoms with Gasteiger partial charge in [-0.1, -0.05) is 12.1 Å². The Morgan fingerprint density at radius 3 is 2.41 bits per heavy atom. The van der Waals surface area contributed by atoms with Crippen molar-refractivity contribution in [3.05, 3.63) is 47.9 Å². The first-order chi connectivity index (χ1) is 13.0. The van der Waals surface area contributed by atoms with Crippen LogP contribution < -0.4 is 4.90 Å². The van der Waals surface area contributed by atoms with Gasteiger partial charge in [-0.05, 0) is 31.5 Å². The molecule has 0 radical (unpaired) electrons. The van der Waals surface area contributed by atoms with Gasteiger partial charge in [0, 0.05) is 51.4 Å². The molecule has 142 valence electrons. The average Bonchev–Trinajstić information content (AvgIpc) is 2.68. The summed E-state index contributed by atoms with van der Waals surface area (Å²) < 4.78 is 0. The highest BCUT2D eigenvalue weighted by Crippen LogP contribution is 2.24. The van der Waals surface area contributed by atoms with Gasteiger partial charge in [0.15, 0.2) is 0 Å². The standard InChI is InChI=1S/C20H25N5O2/c1-4-25(17-7-5-6-15(2)12-17)19-13-18(21-14-22-19)20(27)24-10-8-23(9-11-24)16(3)26/h5-7,12-14H,4,8-11H2,1-3H3. The van der Waals surface area contributed by atoms with Crippen LogP contribution in [-0.4, -0.2) is 64.3 Å². The second-order valence-electron chi connectivity index (χ2n) is 6.64. The van der Waals surface area contributed by atoms with E-state index < -0.39 is 0 Å². The SMILES string of the molecule is CCN(c1cccc(C)c1)c1cc(C(=O)N2CCN(C(C)=O)CC2)ncn1. The number of piperazine rings is 1. The van der Waals surface area contributed by atoms with E-state index >= 15 is 0 Å². The summed E-state index contributed by atoms with van der Waals surface area (Å²) in [6, 6.07) is 9.92. The minimum absolute atomic E-state index is 0.0446. The number of amides is 2. The van der Waals surface area contributed by atoms with Crippen molar-refractivity contribution >= 4 is 23.3 Å². The molecule has 1 fully saturated rings. The van der Waals surface area contributed by atoms with E-state index in [4.69, 9.17) is 0 Å². The lowest BCUT2D eigenvalue weighted by atomic mass is 10.2. The molecule has 7 heteroatoms. The van der Waals surface area contributed by atoms with Gasteiger partial charge in [0.1, 0.15) is 17.8 Å². The number of hydrogen-bond acceptors (Lipinski definition) is 5. The van der Waals surface area contributed by atoms with E-state index in [0.29, 0.717) is 37.7 Å². The fourth-order valence-electron chi connectivity index (χ4n) is 3.27. The second-order valence-corrected chi connectivity index (χ2v) is 6.64. The summed E-state index contributed by atoms with van der Waals surface area (Å²) in [6.07, 6.45) is 1.44. The van der Waals surface area contributed by atoms with Crippen LogP contribution in [0.4, 0.5) is 11.5 Å². The minimum Gasteiger partial charge on any atom is -0.339 e. The van der Waals surface area contributed by atoms with Crippen LogP contribution in [0.15, 0.2) is 36.7 Å². The zero-order chi connectivity index (χ0) is 19.4. The molecule has 2 heterocycles. The van der Waals surface area contributed by atoms with Crippen LogP contribution in [0.2, 0.25) is 0 Å². The lowest BCUT2D eigenvalue weighted by Gasteiger charge is -2.34. The molecule has 1 saturated heterocycles. The van der Waals surface area contributed by atoms with Gasteiger partial charge in [0.05, 0.1) is 0 Å². The van der Waals surface area contributed by atoms with E-state index in [1.54, 1.807) is 22.8 Å². The normalized spacial score (nSPS) is 14.2. The first-order valence-corrected chi connectivity index (χ1v) is 9.20. The maximum Gasteiger partial charge on any atom is 0.272 e. The number of anilines is 2. The van der Waals surface area contributed by atoms with Crippen LogP contribution in [0.25, 0.3) is 0 Å². The highest BCUT2D eigenvalue weighted by Gasteiger charge is 2.24. The predicted octanol–water partition coefficient (Wildman–Crippen LogP) is 2.25. The van der Waals surface area contributed by atoms with Gasteiger partial charge in [-0.2, -0.15) is 0 Å². The lowest BCUT2D eigenvalue weighted by molar-refractivity contribution is -0.130. The van der Waals surface area contributed by atoms with Crippen LogP contribution in [0.5, 0.6) is 0 Å². The van der Waals surface area contributed by atoms with Crippen molar-refractivity contribution in [2.45, 2.75) is 20.8 Å². The number of rotatable bonds is 4. The third kappa shape index (κ3) is 4.24. The Hall–Kier alpha value is -2.96. The maximum atomic E-state index is 12.8. The van der Waals surface area contributed by atoms with E-state index in [1.807, 2.05) is 32.0 Å². The quantitative estimate of drug-likeness (QED) is 0.829. The van der Waals surface area contributed by atoms with Crippen LogP contribution >= 0.6 is 0 Å². The third-order valence-electron chi connectivity index (χ3n) is 4.79. The van der Waals surface area contributed by atoms with E-state index in [0.717, 1.165) is 12.2 Å². The van der Waals surface area contributed by atoms with Crippen LogP contribution in [0.3, 0.4) is 0 Å². The van der Waals surface area contributed by atoms with Gasteiger partial charge in [0.25, 0.3) is 5.91 Å². The molecule has 0 N–H and O–H groups in total. The molecule has 1 aliphatic rings. The second kappa shape index (κ2) is 8.16. The molecule has 0 aliphatic carbocycles. The van der Waals surface area contributed by atoms with Crippen molar-refractivity contribution in [1.82, 2.24) is 19.8 Å². The number of hydrogen-bond donors (Lipinski definition) is 0. The third-order valence-corrected chi connectivity index (χ3v) is 4.79. The largest absolute Gasteiger partial charge is 0.339 e. The zero-order valence-electron chi connectivity index (χ0n) is 16.1. The number of carbonyl (C=O) groups excluding carboxylic acids is 2. The van der Waals surface area contributed by atoms with Crippen molar-refractivity contribution in [2.75, 3.05) is 37.6 Å². The van der Waals surface area contributed by atoms with Gasteiger partial charge in [-0.25, -0.2) is 9.97 Å². The minimum atomic E-state index is -0.123. The fourth-order valence-corrected chi connectivity index (χ4v) is 3.27. The van der Waals surface area contributed by atoms with Gasteiger partial charge in [0.2, 0.25) is 5.91 Å². The highest BCUT2D eigenvalue weighted by molar-refractivity contribution is 5.93. The van der Waals surface area contributed by atoms with Crippen molar-refractivity contribution < 1.29 is 9.59 Å². The Morgan fingerprint density at radius 2 is 1.78 bits per heavy atom. The van der Waals surface area contributed by atoms with E-state index in [1.165, 1.54) is 11.9 Å². The molecule has 1 aromatic heterocycles. The molecule has 0 spiro atoms. The molecular formula is C20H25N5O2. The predicted molar refractivity (Wildman–Crippen MR) is 104 cm³/mol. The van der Waals surface area contributed by atoms with Crippen molar-refractivity contribution in [3.8, 4) is 0 Å². The summed E-state index contributed by atoms with van der Waals surface area (Å²) in [4.78, 5) is 38.4. The monoisotopic (exact) mass is 367 g/mol. The molecule has 0 atom stereocenters. The molecule has 0 saturated carbocycles. The Bertz CT molecular complexity index is 831. The number of nitrogens with zero attached hydrogens (tertiary/aromatic N) is 5. The van der Waals surface area contributed by atoms with Crippen LogP contribution in [0, 0.1) is 6.92 Å². The Balaban J connectivity index is 1.78. The summed E-state index contributed by atoms with van der Waals surface area (Å²) in [5.41, 5.74) is 2.58. The van der Waals surface area contributed by atoms with Crippen LogP contribution in [-0.2, 0) is 4.79 Å². The summed E-state index contributed by atoms with van der Waals surface area (Å²) in [7, 11) is 0. The van der Waals surface area contributed by atoms with E-state index in [-0.39, 0.29) is 11.8 Å². The molecule has 7 nitrogen and oxygen atoms in total. The topological polar surface area (TPSA) is 69.6 Å². The van der Waals surface area contributed by atoms with Gasteiger partial charge < -0.3 is 14.7 Å². The molecule has 2 aromatic rings. The van der Waals surface area contributed by atoms with Crippen molar-refractivity contribution in [1.29, 1.82) is 0 Å². The zero-order valence-corrected chi connectivity index (χ0v) is 16.1. The Kier molecular flexibility index (Phi) is 5.69. The van der Waals surface area contributed by atoms with Crippen LogP contribution in [0.1, 0.15) is 29.9 Å². The molecule has 2 amide bonds. The Labute approximate surface area is 159 Å². The number of carbonyl (C=O) groups is 2. The number of aromatic nitrogens is 2. The van der Waals surface area contributed by atoms with Gasteiger partial charge in [-0.15, -0.1) is 0 Å². The number of aryl methyl sites for hydroxylation is 1. The van der Waals surface area contributed by atoms with Gasteiger partial charge >= 0.3 is 0 Å².